The molecule has 2 aromatic rings. The van der Waals surface area contributed by atoms with Crippen LogP contribution in [0.3, 0.4) is 0 Å². The lowest BCUT2D eigenvalue weighted by Gasteiger charge is -2.34. The molecule has 0 atom stereocenters. The molecule has 1 saturated carbocycles. The number of rotatable bonds is 4. The number of aromatic nitrogens is 2. The second-order valence-corrected chi connectivity index (χ2v) is 6.98. The highest BCUT2D eigenvalue weighted by molar-refractivity contribution is 7.13. The summed E-state index contributed by atoms with van der Waals surface area (Å²) in [4.78, 5) is 5.70. The topological polar surface area (TPSA) is 64.9 Å². The maximum atomic E-state index is 6.55. The predicted octanol–water partition coefficient (Wildman–Crippen LogP) is 4.11. The minimum Gasteiger partial charge on any atom is -0.333 e. The molecule has 0 bridgehead atoms. The molecule has 0 radical (unpaired) electrons. The highest BCUT2D eigenvalue weighted by Crippen LogP contribution is 2.38. The van der Waals surface area contributed by atoms with Crippen molar-refractivity contribution >= 4 is 11.3 Å². The summed E-state index contributed by atoms with van der Waals surface area (Å²) < 4.78 is 5.49. The van der Waals surface area contributed by atoms with Gasteiger partial charge in [-0.1, -0.05) is 25.4 Å². The molecule has 1 aliphatic rings. The normalized spacial score (nSPS) is 26.1. The van der Waals surface area contributed by atoms with Gasteiger partial charge in [0.15, 0.2) is 5.82 Å². The summed E-state index contributed by atoms with van der Waals surface area (Å²) in [6.07, 6.45) is 6.45. The van der Waals surface area contributed by atoms with Gasteiger partial charge in [-0.25, -0.2) is 0 Å². The van der Waals surface area contributed by atoms with Crippen LogP contribution in [0.1, 0.15) is 57.3 Å². The van der Waals surface area contributed by atoms with Crippen LogP contribution in [0, 0.1) is 5.92 Å². The first kappa shape index (κ1) is 14.7. The lowest BCUT2D eigenvalue weighted by atomic mass is 9.76. The van der Waals surface area contributed by atoms with Crippen molar-refractivity contribution in [2.24, 2.45) is 11.7 Å². The van der Waals surface area contributed by atoms with Gasteiger partial charge in [-0.3, -0.25) is 0 Å². The molecule has 1 aliphatic carbocycles. The summed E-state index contributed by atoms with van der Waals surface area (Å²) in [5.41, 5.74) is 7.41. The largest absolute Gasteiger partial charge is 0.333 e. The Bertz CT molecular complexity index is 596. The molecule has 2 heterocycles. The van der Waals surface area contributed by atoms with Gasteiger partial charge < -0.3 is 10.3 Å². The van der Waals surface area contributed by atoms with Crippen molar-refractivity contribution in [3.63, 3.8) is 0 Å². The van der Waals surface area contributed by atoms with E-state index in [-0.39, 0.29) is 0 Å². The molecule has 0 aromatic carbocycles. The van der Waals surface area contributed by atoms with Gasteiger partial charge in [0.05, 0.1) is 10.4 Å². The molecule has 114 valence electrons. The van der Waals surface area contributed by atoms with Crippen molar-refractivity contribution in [2.45, 2.75) is 57.9 Å². The Labute approximate surface area is 129 Å². The standard InChI is InChI=1S/C16H23N3OS/c1-3-11-5-8-16(17,9-6-11)15-18-14(20-19-15)13-12(4-2)7-10-21-13/h7,10-11H,3-6,8-9,17H2,1-2H3. The molecule has 4 nitrogen and oxygen atoms in total. The average molecular weight is 305 g/mol. The smallest absolute Gasteiger partial charge is 0.268 e. The quantitative estimate of drug-likeness (QED) is 0.923. The third-order valence-corrected chi connectivity index (χ3v) is 5.71. The SMILES string of the molecule is CCc1ccsc1-c1nc(C2(N)CCC(CC)CC2)no1. The van der Waals surface area contributed by atoms with Crippen LogP contribution in [0.2, 0.25) is 0 Å². The minimum absolute atomic E-state index is 0.406. The molecule has 0 aliphatic heterocycles. The third kappa shape index (κ3) is 2.77. The fourth-order valence-electron chi connectivity index (χ4n) is 3.14. The van der Waals surface area contributed by atoms with Crippen molar-refractivity contribution in [1.82, 2.24) is 10.1 Å². The molecule has 0 saturated heterocycles. The van der Waals surface area contributed by atoms with Gasteiger partial charge in [0, 0.05) is 0 Å². The Hall–Kier alpha value is -1.20. The highest BCUT2D eigenvalue weighted by atomic mass is 32.1. The Morgan fingerprint density at radius 2 is 2.14 bits per heavy atom. The molecule has 2 N–H and O–H groups in total. The molecule has 1 fully saturated rings. The van der Waals surface area contributed by atoms with E-state index in [2.05, 4.69) is 35.4 Å². The maximum Gasteiger partial charge on any atom is 0.268 e. The van der Waals surface area contributed by atoms with Crippen LogP contribution in [0.25, 0.3) is 10.8 Å². The molecule has 3 rings (SSSR count). The third-order valence-electron chi connectivity index (χ3n) is 4.77. The monoisotopic (exact) mass is 305 g/mol. The van der Waals surface area contributed by atoms with Gasteiger partial charge in [-0.05, 0) is 55.0 Å². The van der Waals surface area contributed by atoms with Crippen molar-refractivity contribution in [1.29, 1.82) is 0 Å². The molecular formula is C16H23N3OS. The molecule has 0 unspecified atom stereocenters. The number of hydrogen-bond donors (Lipinski definition) is 1. The van der Waals surface area contributed by atoms with Gasteiger partial charge in [0.1, 0.15) is 0 Å². The van der Waals surface area contributed by atoms with Crippen molar-refractivity contribution < 1.29 is 4.52 Å². The summed E-state index contributed by atoms with van der Waals surface area (Å²) >= 11 is 1.65. The zero-order valence-electron chi connectivity index (χ0n) is 12.8. The van der Waals surface area contributed by atoms with Gasteiger partial charge >= 0.3 is 0 Å². The number of nitrogens with two attached hydrogens (primary N) is 1. The van der Waals surface area contributed by atoms with E-state index in [0.717, 1.165) is 42.9 Å². The van der Waals surface area contributed by atoms with E-state index in [1.807, 2.05) is 0 Å². The van der Waals surface area contributed by atoms with Gasteiger partial charge in [-0.2, -0.15) is 4.98 Å². The van der Waals surface area contributed by atoms with Crippen LogP contribution >= 0.6 is 11.3 Å². The van der Waals surface area contributed by atoms with Gasteiger partial charge in [0.2, 0.25) is 0 Å². The first-order valence-corrected chi connectivity index (χ1v) is 8.74. The molecule has 0 amide bonds. The summed E-state index contributed by atoms with van der Waals surface area (Å²) in [6, 6.07) is 2.12. The van der Waals surface area contributed by atoms with Crippen LogP contribution in [0.5, 0.6) is 0 Å². The number of nitrogens with zero attached hydrogens (tertiary/aromatic N) is 2. The maximum absolute atomic E-state index is 6.55. The van der Waals surface area contributed by atoms with Crippen molar-refractivity contribution in [3.8, 4) is 10.8 Å². The number of thiophene rings is 1. The summed E-state index contributed by atoms with van der Waals surface area (Å²) in [7, 11) is 0. The van der Waals surface area contributed by atoms with Crippen LogP contribution in [0.15, 0.2) is 16.0 Å². The highest BCUT2D eigenvalue weighted by Gasteiger charge is 2.37. The van der Waals surface area contributed by atoms with Crippen LogP contribution in [-0.2, 0) is 12.0 Å². The van der Waals surface area contributed by atoms with E-state index in [0.29, 0.717) is 11.7 Å². The fourth-order valence-corrected chi connectivity index (χ4v) is 4.06. The number of hydrogen-bond acceptors (Lipinski definition) is 5. The molecule has 5 heteroatoms. The van der Waals surface area contributed by atoms with Crippen molar-refractivity contribution in [3.05, 3.63) is 22.8 Å². The van der Waals surface area contributed by atoms with Gasteiger partial charge in [0.25, 0.3) is 5.89 Å². The van der Waals surface area contributed by atoms with E-state index in [9.17, 15) is 0 Å². The first-order chi connectivity index (χ1) is 10.2. The van der Waals surface area contributed by atoms with E-state index in [1.165, 1.54) is 12.0 Å². The van der Waals surface area contributed by atoms with Gasteiger partial charge in [-0.15, -0.1) is 11.3 Å². The summed E-state index contributed by atoms with van der Waals surface area (Å²) in [5.74, 6) is 2.11. The zero-order chi connectivity index (χ0) is 14.9. The summed E-state index contributed by atoms with van der Waals surface area (Å²) in [5, 5.41) is 6.26. The van der Waals surface area contributed by atoms with E-state index in [1.54, 1.807) is 11.3 Å². The Morgan fingerprint density at radius 3 is 2.81 bits per heavy atom. The van der Waals surface area contributed by atoms with E-state index in [4.69, 9.17) is 10.3 Å². The molecule has 0 spiro atoms. The Balaban J connectivity index is 1.82. The van der Waals surface area contributed by atoms with Crippen LogP contribution in [0.4, 0.5) is 0 Å². The minimum atomic E-state index is -0.406. The van der Waals surface area contributed by atoms with E-state index < -0.39 is 5.54 Å². The Morgan fingerprint density at radius 1 is 1.38 bits per heavy atom. The predicted molar refractivity (Wildman–Crippen MR) is 85.1 cm³/mol. The lowest BCUT2D eigenvalue weighted by Crippen LogP contribution is -2.41. The second kappa shape index (κ2) is 5.89. The first-order valence-electron chi connectivity index (χ1n) is 7.86. The van der Waals surface area contributed by atoms with Crippen LogP contribution < -0.4 is 5.73 Å². The van der Waals surface area contributed by atoms with Crippen molar-refractivity contribution in [2.75, 3.05) is 0 Å². The summed E-state index contributed by atoms with van der Waals surface area (Å²) in [6.45, 7) is 4.39. The van der Waals surface area contributed by atoms with Crippen LogP contribution in [-0.4, -0.2) is 10.1 Å². The number of aryl methyl sites for hydroxylation is 1. The molecule has 2 aromatic heterocycles. The van der Waals surface area contributed by atoms with E-state index >= 15 is 0 Å². The zero-order valence-corrected chi connectivity index (χ0v) is 13.6. The Kier molecular flexibility index (Phi) is 4.13. The average Bonchev–Trinajstić information content (AvgIpc) is 3.16. The molecular weight excluding hydrogens is 282 g/mol. The second-order valence-electron chi connectivity index (χ2n) is 6.06. The fraction of sp³-hybridized carbons (Fsp3) is 0.625. The molecule has 21 heavy (non-hydrogen) atoms. The lowest BCUT2D eigenvalue weighted by molar-refractivity contribution is 0.216.